The van der Waals surface area contributed by atoms with E-state index in [2.05, 4.69) is 0 Å². The second-order valence-electron chi connectivity index (χ2n) is 4.76. The lowest BCUT2D eigenvalue weighted by Crippen LogP contribution is -2.14. The van der Waals surface area contributed by atoms with Crippen LogP contribution in [0.15, 0.2) is 42.5 Å². The summed E-state index contributed by atoms with van der Waals surface area (Å²) in [5, 5.41) is 10.5. The van der Waals surface area contributed by atoms with Crippen LogP contribution in [0.4, 0.5) is 4.39 Å². The van der Waals surface area contributed by atoms with Gasteiger partial charge in [0.05, 0.1) is 25.7 Å². The lowest BCUT2D eigenvalue weighted by molar-refractivity contribution is 0.125. The monoisotopic (exact) mass is 274 g/mol. The van der Waals surface area contributed by atoms with E-state index in [0.29, 0.717) is 6.61 Å². The van der Waals surface area contributed by atoms with E-state index in [1.807, 2.05) is 24.3 Å². The Morgan fingerprint density at radius 3 is 2.85 bits per heavy atom. The molecule has 2 atom stereocenters. The Bertz CT molecular complexity index is 627. The van der Waals surface area contributed by atoms with E-state index in [9.17, 15) is 9.50 Å². The summed E-state index contributed by atoms with van der Waals surface area (Å²) >= 11 is 0. The van der Waals surface area contributed by atoms with Crippen molar-refractivity contribution in [2.45, 2.75) is 12.0 Å². The van der Waals surface area contributed by atoms with Gasteiger partial charge in [-0.05, 0) is 12.1 Å². The van der Waals surface area contributed by atoms with Crippen molar-refractivity contribution in [3.05, 3.63) is 59.4 Å². The van der Waals surface area contributed by atoms with Crippen molar-refractivity contribution in [2.75, 3.05) is 13.7 Å². The average molecular weight is 274 g/mol. The average Bonchev–Trinajstić information content (AvgIpc) is 2.91. The first-order valence-corrected chi connectivity index (χ1v) is 6.44. The molecule has 0 amide bonds. The number of fused-ring (bicyclic) bond motifs is 1. The number of ether oxygens (including phenoxy) is 2. The van der Waals surface area contributed by atoms with E-state index >= 15 is 0 Å². The Morgan fingerprint density at radius 1 is 1.25 bits per heavy atom. The molecule has 4 heteroatoms. The van der Waals surface area contributed by atoms with Crippen LogP contribution in [-0.2, 0) is 0 Å². The zero-order valence-corrected chi connectivity index (χ0v) is 11.0. The third-order valence-electron chi connectivity index (χ3n) is 3.65. The van der Waals surface area contributed by atoms with Crippen LogP contribution >= 0.6 is 0 Å². The van der Waals surface area contributed by atoms with Gasteiger partial charge < -0.3 is 14.6 Å². The second-order valence-corrected chi connectivity index (χ2v) is 4.76. The van der Waals surface area contributed by atoms with Gasteiger partial charge in [-0.25, -0.2) is 4.39 Å². The molecule has 0 aliphatic carbocycles. The van der Waals surface area contributed by atoms with Gasteiger partial charge in [0.25, 0.3) is 0 Å². The fourth-order valence-electron chi connectivity index (χ4n) is 2.58. The normalized spacial score (nSPS) is 18.2. The van der Waals surface area contributed by atoms with Crippen molar-refractivity contribution < 1.29 is 19.0 Å². The molecule has 0 aromatic heterocycles. The number of halogens is 1. The molecule has 0 saturated heterocycles. The molecule has 2 aromatic rings. The van der Waals surface area contributed by atoms with E-state index in [4.69, 9.17) is 9.47 Å². The van der Waals surface area contributed by atoms with Gasteiger partial charge >= 0.3 is 0 Å². The van der Waals surface area contributed by atoms with Crippen LogP contribution in [0.1, 0.15) is 23.1 Å². The van der Waals surface area contributed by atoms with Gasteiger partial charge in [-0.2, -0.15) is 0 Å². The van der Waals surface area contributed by atoms with Crippen molar-refractivity contribution in [3.63, 3.8) is 0 Å². The van der Waals surface area contributed by atoms with E-state index in [0.717, 1.165) is 11.3 Å². The standard InChI is InChI=1S/C16H15FO3/c1-19-14-8-4-6-11(15(14)17)16(18)12-9-20-13-7-3-2-5-10(12)13/h2-8,12,16,18H,9H2,1H3. The zero-order valence-electron chi connectivity index (χ0n) is 11.0. The third kappa shape index (κ3) is 2.02. The number of aliphatic hydroxyl groups is 1. The van der Waals surface area contributed by atoms with Crippen LogP contribution < -0.4 is 9.47 Å². The smallest absolute Gasteiger partial charge is 0.170 e. The fraction of sp³-hybridized carbons (Fsp3) is 0.250. The van der Waals surface area contributed by atoms with Crippen LogP contribution in [-0.4, -0.2) is 18.8 Å². The van der Waals surface area contributed by atoms with E-state index in [1.165, 1.54) is 13.2 Å². The van der Waals surface area contributed by atoms with Crippen molar-refractivity contribution in [2.24, 2.45) is 0 Å². The Labute approximate surface area is 116 Å². The molecular formula is C16H15FO3. The molecule has 0 fully saturated rings. The topological polar surface area (TPSA) is 38.7 Å². The fourth-order valence-corrected chi connectivity index (χ4v) is 2.58. The van der Waals surface area contributed by atoms with Crippen LogP contribution in [0.5, 0.6) is 11.5 Å². The van der Waals surface area contributed by atoms with Crippen LogP contribution in [0.25, 0.3) is 0 Å². The Morgan fingerprint density at radius 2 is 2.05 bits per heavy atom. The largest absolute Gasteiger partial charge is 0.494 e. The summed E-state index contributed by atoms with van der Waals surface area (Å²) in [5.74, 6) is 0.0910. The van der Waals surface area contributed by atoms with Gasteiger partial charge in [0.15, 0.2) is 11.6 Å². The predicted octanol–water partition coefficient (Wildman–Crippen LogP) is 3.04. The first-order valence-electron chi connectivity index (χ1n) is 6.44. The van der Waals surface area contributed by atoms with Crippen molar-refractivity contribution in [1.82, 2.24) is 0 Å². The lowest BCUT2D eigenvalue weighted by atomic mass is 9.90. The Hall–Kier alpha value is -2.07. The van der Waals surface area contributed by atoms with Crippen LogP contribution in [0.3, 0.4) is 0 Å². The summed E-state index contributed by atoms with van der Waals surface area (Å²) in [6.07, 6.45) is -0.964. The molecule has 3 nitrogen and oxygen atoms in total. The van der Waals surface area contributed by atoms with Crippen LogP contribution in [0, 0.1) is 5.82 Å². The summed E-state index contributed by atoms with van der Waals surface area (Å²) < 4.78 is 24.7. The molecule has 2 aromatic carbocycles. The minimum atomic E-state index is -0.964. The van der Waals surface area contributed by atoms with E-state index < -0.39 is 11.9 Å². The summed E-state index contributed by atoms with van der Waals surface area (Å²) in [5.41, 5.74) is 1.14. The van der Waals surface area contributed by atoms with Gasteiger partial charge in [0.1, 0.15) is 5.75 Å². The number of benzene rings is 2. The van der Waals surface area contributed by atoms with Gasteiger partial charge in [0, 0.05) is 11.1 Å². The highest BCUT2D eigenvalue weighted by molar-refractivity contribution is 5.42. The summed E-state index contributed by atoms with van der Waals surface area (Å²) in [7, 11) is 1.41. The predicted molar refractivity (Wildman–Crippen MR) is 72.6 cm³/mol. The first-order chi connectivity index (χ1) is 9.72. The highest BCUT2D eigenvalue weighted by Gasteiger charge is 2.32. The number of para-hydroxylation sites is 1. The maximum atomic E-state index is 14.2. The van der Waals surface area contributed by atoms with Gasteiger partial charge in [-0.3, -0.25) is 0 Å². The third-order valence-corrected chi connectivity index (χ3v) is 3.65. The first kappa shape index (κ1) is 12.9. The molecule has 20 heavy (non-hydrogen) atoms. The maximum Gasteiger partial charge on any atom is 0.170 e. The van der Waals surface area contributed by atoms with E-state index in [-0.39, 0.29) is 17.2 Å². The molecule has 0 bridgehead atoms. The van der Waals surface area contributed by atoms with Crippen LogP contribution in [0.2, 0.25) is 0 Å². The second kappa shape index (κ2) is 5.13. The SMILES string of the molecule is COc1cccc(C(O)C2COc3ccccc32)c1F. The lowest BCUT2D eigenvalue weighted by Gasteiger charge is -2.19. The Kier molecular flexibility index (Phi) is 3.32. The maximum absolute atomic E-state index is 14.2. The highest BCUT2D eigenvalue weighted by atomic mass is 19.1. The molecule has 1 aliphatic rings. The molecule has 104 valence electrons. The summed E-state index contributed by atoms with van der Waals surface area (Å²) in [6, 6.07) is 12.3. The molecular weight excluding hydrogens is 259 g/mol. The summed E-state index contributed by atoms with van der Waals surface area (Å²) in [4.78, 5) is 0. The van der Waals surface area contributed by atoms with E-state index in [1.54, 1.807) is 12.1 Å². The van der Waals surface area contributed by atoms with Gasteiger partial charge in [0.2, 0.25) is 0 Å². The number of hydrogen-bond donors (Lipinski definition) is 1. The number of aliphatic hydroxyl groups excluding tert-OH is 1. The Balaban J connectivity index is 1.97. The van der Waals surface area contributed by atoms with Crippen molar-refractivity contribution in [1.29, 1.82) is 0 Å². The number of rotatable bonds is 3. The zero-order chi connectivity index (χ0) is 14.1. The molecule has 0 saturated carbocycles. The van der Waals surface area contributed by atoms with Crippen molar-refractivity contribution in [3.8, 4) is 11.5 Å². The number of hydrogen-bond acceptors (Lipinski definition) is 3. The van der Waals surface area contributed by atoms with Crippen molar-refractivity contribution >= 4 is 0 Å². The minimum Gasteiger partial charge on any atom is -0.494 e. The minimum absolute atomic E-state index is 0.133. The quantitative estimate of drug-likeness (QED) is 0.935. The van der Waals surface area contributed by atoms with Gasteiger partial charge in [-0.1, -0.05) is 30.3 Å². The number of methoxy groups -OCH3 is 1. The molecule has 2 unspecified atom stereocenters. The highest BCUT2D eigenvalue weighted by Crippen LogP contribution is 2.42. The molecule has 3 rings (SSSR count). The molecule has 1 N–H and O–H groups in total. The molecule has 1 aliphatic heterocycles. The molecule has 0 radical (unpaired) electrons. The molecule has 1 heterocycles. The molecule has 0 spiro atoms. The van der Waals surface area contributed by atoms with Gasteiger partial charge in [-0.15, -0.1) is 0 Å². The summed E-state index contributed by atoms with van der Waals surface area (Å²) in [6.45, 7) is 0.344.